The lowest BCUT2D eigenvalue weighted by atomic mass is 9.94. The van der Waals surface area contributed by atoms with E-state index in [4.69, 9.17) is 23.7 Å². The summed E-state index contributed by atoms with van der Waals surface area (Å²) in [4.78, 5) is 23.1. The van der Waals surface area contributed by atoms with Gasteiger partial charge in [0.05, 0.1) is 17.6 Å². The lowest BCUT2D eigenvalue weighted by Gasteiger charge is -2.23. The number of hydrogen-bond donors (Lipinski definition) is 1. The van der Waals surface area contributed by atoms with Crippen LogP contribution in [0.5, 0.6) is 0 Å². The van der Waals surface area contributed by atoms with Gasteiger partial charge in [-0.3, -0.25) is 14.9 Å². The molecule has 2 fully saturated rings. The minimum Gasteiger partial charge on any atom is -0.465 e. The van der Waals surface area contributed by atoms with Gasteiger partial charge in [-0.1, -0.05) is 12.1 Å². The number of aliphatic hydroxyl groups excluding tert-OH is 1. The molecule has 0 bridgehead atoms. The van der Waals surface area contributed by atoms with Gasteiger partial charge < -0.3 is 28.8 Å². The zero-order chi connectivity index (χ0) is 22.1. The van der Waals surface area contributed by atoms with Gasteiger partial charge in [0.25, 0.3) is 5.69 Å². The number of nitrogens with zero attached hydrogens (tertiary/aromatic N) is 1. The Morgan fingerprint density at radius 1 is 1.40 bits per heavy atom. The number of non-ortho nitro benzene ring substituents is 1. The van der Waals surface area contributed by atoms with Gasteiger partial charge >= 0.3 is 5.97 Å². The quantitative estimate of drug-likeness (QED) is 0.399. The molecule has 0 saturated carbocycles. The molecule has 1 aromatic rings. The number of hydrogen-bond acceptors (Lipinski definition) is 9. The fourth-order valence-corrected chi connectivity index (χ4v) is 3.53. The summed E-state index contributed by atoms with van der Waals surface area (Å²) in [5.74, 6) is -2.49. The lowest BCUT2D eigenvalue weighted by molar-refractivity contribution is -0.385. The van der Waals surface area contributed by atoms with E-state index in [1.807, 2.05) is 0 Å². The van der Waals surface area contributed by atoms with Crippen molar-refractivity contribution >= 4 is 11.7 Å². The highest BCUT2D eigenvalue weighted by atomic mass is 16.8. The first-order valence-corrected chi connectivity index (χ1v) is 9.52. The van der Waals surface area contributed by atoms with Crippen LogP contribution in [0.2, 0.25) is 0 Å². The molecule has 2 aliphatic heterocycles. The van der Waals surface area contributed by atoms with Crippen LogP contribution < -0.4 is 0 Å². The number of benzene rings is 1. The molecule has 0 aromatic heterocycles. The second-order valence-electron chi connectivity index (χ2n) is 7.39. The molecular weight excluding hydrogens is 398 g/mol. The summed E-state index contributed by atoms with van der Waals surface area (Å²) in [6, 6.07) is 5.44. The van der Waals surface area contributed by atoms with Crippen LogP contribution in [0.25, 0.3) is 0 Å². The van der Waals surface area contributed by atoms with Gasteiger partial charge in [-0.2, -0.15) is 0 Å². The maximum absolute atomic E-state index is 12.6. The monoisotopic (exact) mass is 423 g/mol. The van der Waals surface area contributed by atoms with E-state index >= 15 is 0 Å². The van der Waals surface area contributed by atoms with Crippen molar-refractivity contribution in [2.45, 2.75) is 51.2 Å². The van der Waals surface area contributed by atoms with Crippen LogP contribution in [0.15, 0.2) is 36.1 Å². The predicted molar refractivity (Wildman–Crippen MR) is 102 cm³/mol. The number of esters is 1. The summed E-state index contributed by atoms with van der Waals surface area (Å²) >= 11 is 0. The predicted octanol–water partition coefficient (Wildman–Crippen LogP) is 2.21. The largest absolute Gasteiger partial charge is 0.465 e. The molecule has 0 radical (unpaired) electrons. The lowest BCUT2D eigenvalue weighted by Crippen LogP contribution is -2.31. The fourth-order valence-electron chi connectivity index (χ4n) is 3.53. The standard InChI is InChI=1S/C20H25NO9/c1-5-27-18(23)13(15(22)11-7-6-8-12(9-11)21(24)25)10-14-16(26-4)17-19(28-14)30-20(2,3)29-17/h6-10,13,15-17,19,22H,5H2,1-4H3/b14-10-/t13?,15?,16-,17+,19+/m0/s1. The average Bonchev–Trinajstić information content (AvgIpc) is 3.16. The van der Waals surface area contributed by atoms with E-state index in [2.05, 4.69) is 0 Å². The van der Waals surface area contributed by atoms with Gasteiger partial charge in [0.15, 0.2) is 11.9 Å². The Kier molecular flexibility index (Phi) is 6.41. The van der Waals surface area contributed by atoms with E-state index in [1.165, 1.54) is 37.5 Å². The third-order valence-corrected chi connectivity index (χ3v) is 4.84. The maximum atomic E-state index is 12.6. The first-order valence-electron chi connectivity index (χ1n) is 9.52. The zero-order valence-corrected chi connectivity index (χ0v) is 17.1. The number of fused-ring (bicyclic) bond motifs is 1. The Labute approximate surface area is 173 Å². The van der Waals surface area contributed by atoms with Crippen molar-refractivity contribution in [2.75, 3.05) is 13.7 Å². The Balaban J connectivity index is 1.92. The van der Waals surface area contributed by atoms with Gasteiger partial charge in [-0.15, -0.1) is 0 Å². The van der Waals surface area contributed by atoms with E-state index in [0.29, 0.717) is 0 Å². The van der Waals surface area contributed by atoms with Crippen LogP contribution in [-0.4, -0.2) is 54.0 Å². The molecule has 2 unspecified atom stereocenters. The number of carbonyl (C=O) groups is 1. The maximum Gasteiger partial charge on any atom is 0.315 e. The number of nitro groups is 1. The number of ether oxygens (including phenoxy) is 5. The third kappa shape index (κ3) is 4.46. The number of methoxy groups -OCH3 is 1. The van der Waals surface area contributed by atoms with Crippen molar-refractivity contribution in [3.8, 4) is 0 Å². The molecular formula is C20H25NO9. The summed E-state index contributed by atoms with van der Waals surface area (Å²) < 4.78 is 27.9. The van der Waals surface area contributed by atoms with Crippen molar-refractivity contribution in [3.05, 3.63) is 51.8 Å². The molecule has 2 heterocycles. The molecule has 0 amide bonds. The Morgan fingerprint density at radius 3 is 2.77 bits per heavy atom. The Bertz CT molecular complexity index is 837. The summed E-state index contributed by atoms with van der Waals surface area (Å²) in [6.45, 7) is 5.23. The number of nitro benzene ring substituents is 1. The number of aliphatic hydroxyl groups is 1. The van der Waals surface area contributed by atoms with Crippen LogP contribution in [0.3, 0.4) is 0 Å². The third-order valence-electron chi connectivity index (χ3n) is 4.84. The van der Waals surface area contributed by atoms with Crippen LogP contribution in [-0.2, 0) is 28.5 Å². The minimum absolute atomic E-state index is 0.0976. The smallest absolute Gasteiger partial charge is 0.315 e. The van der Waals surface area contributed by atoms with Gasteiger partial charge in [-0.25, -0.2) is 0 Å². The van der Waals surface area contributed by atoms with Crippen molar-refractivity contribution in [2.24, 2.45) is 5.92 Å². The topological polar surface area (TPSA) is 127 Å². The van der Waals surface area contributed by atoms with E-state index < -0.39 is 47.2 Å². The summed E-state index contributed by atoms with van der Waals surface area (Å²) in [7, 11) is 1.47. The molecule has 5 atom stereocenters. The molecule has 164 valence electrons. The van der Waals surface area contributed by atoms with Crippen molar-refractivity contribution in [1.29, 1.82) is 0 Å². The van der Waals surface area contributed by atoms with Crippen LogP contribution >= 0.6 is 0 Å². The van der Waals surface area contributed by atoms with Gasteiger partial charge in [0.1, 0.15) is 17.8 Å². The van der Waals surface area contributed by atoms with E-state index in [1.54, 1.807) is 20.8 Å². The Morgan fingerprint density at radius 2 is 2.13 bits per heavy atom. The second-order valence-corrected chi connectivity index (χ2v) is 7.39. The normalized spacial score (nSPS) is 27.9. The molecule has 1 aromatic carbocycles. The molecule has 0 spiro atoms. The zero-order valence-electron chi connectivity index (χ0n) is 17.1. The summed E-state index contributed by atoms with van der Waals surface area (Å²) in [6.07, 6.45) is -1.95. The highest BCUT2D eigenvalue weighted by molar-refractivity contribution is 5.75. The van der Waals surface area contributed by atoms with Crippen molar-refractivity contribution in [1.82, 2.24) is 0 Å². The van der Waals surface area contributed by atoms with Crippen molar-refractivity contribution < 1.29 is 38.5 Å². The number of carbonyl (C=O) groups excluding carboxylic acids is 1. The number of rotatable bonds is 7. The fraction of sp³-hybridized carbons (Fsp3) is 0.550. The van der Waals surface area contributed by atoms with Crippen molar-refractivity contribution in [3.63, 3.8) is 0 Å². The van der Waals surface area contributed by atoms with Gasteiger partial charge in [-0.05, 0) is 32.4 Å². The first kappa shape index (κ1) is 22.2. The van der Waals surface area contributed by atoms with E-state index in [-0.39, 0.29) is 23.6 Å². The highest BCUT2D eigenvalue weighted by Crippen LogP contribution is 2.41. The summed E-state index contributed by atoms with van der Waals surface area (Å²) in [5, 5.41) is 21.9. The van der Waals surface area contributed by atoms with Gasteiger partial charge in [0.2, 0.25) is 6.29 Å². The molecule has 2 saturated heterocycles. The van der Waals surface area contributed by atoms with Gasteiger partial charge in [0, 0.05) is 19.2 Å². The summed E-state index contributed by atoms with van der Waals surface area (Å²) in [5.41, 5.74) is -0.00726. The average molecular weight is 423 g/mol. The molecule has 1 N–H and O–H groups in total. The highest BCUT2D eigenvalue weighted by Gasteiger charge is 2.54. The molecule has 3 rings (SSSR count). The SMILES string of the molecule is CCOC(=O)C(/C=C1\O[C@@H]2OC(C)(C)O[C@@H]2[C@H]1OC)C(O)c1cccc([N+](=O)[O-])c1. The van der Waals surface area contributed by atoms with E-state index in [0.717, 1.165) is 0 Å². The molecule has 10 nitrogen and oxygen atoms in total. The van der Waals surface area contributed by atoms with Crippen LogP contribution in [0.4, 0.5) is 5.69 Å². The molecule has 10 heteroatoms. The minimum atomic E-state index is -1.41. The Hall–Kier alpha value is -2.53. The van der Waals surface area contributed by atoms with Crippen LogP contribution in [0, 0.1) is 16.0 Å². The van der Waals surface area contributed by atoms with E-state index in [9.17, 15) is 20.0 Å². The second kappa shape index (κ2) is 8.68. The molecule has 0 aliphatic carbocycles. The molecule has 30 heavy (non-hydrogen) atoms. The van der Waals surface area contributed by atoms with Crippen LogP contribution in [0.1, 0.15) is 32.4 Å². The first-order chi connectivity index (χ1) is 14.2. The molecule has 2 aliphatic rings.